The number of hydrogen-bond acceptors (Lipinski definition) is 1. The minimum absolute atomic E-state index is 0. The Bertz CT molecular complexity index is 11.6. The molecule has 1 N–H and O–H groups in total. The Morgan fingerprint density at radius 1 is 1.40 bits per heavy atom. The van der Waals surface area contributed by atoms with Gasteiger partial charge in [-0.2, -0.15) is 0 Å². The van der Waals surface area contributed by atoms with Crippen LogP contribution < -0.4 is 0 Å². The molecule has 0 aromatic heterocycles. The van der Waals surface area contributed by atoms with Gasteiger partial charge in [-0.15, -0.1) is 0 Å². The molecule has 0 saturated carbocycles. The van der Waals surface area contributed by atoms with E-state index in [1.807, 2.05) is 0 Å². The Kier molecular flexibility index (Phi) is 8.52. The Morgan fingerprint density at radius 3 is 1.40 bits per heavy atom. The van der Waals surface area contributed by atoms with Gasteiger partial charge in [0.05, 0.1) is 0 Å². The molecular formula is C3H8OPt. The fourth-order valence-corrected chi connectivity index (χ4v) is 0. The van der Waals surface area contributed by atoms with Crippen molar-refractivity contribution in [2.24, 2.45) is 0 Å². The average Bonchev–Trinajstić information content (AvgIpc) is 0.811. The van der Waals surface area contributed by atoms with E-state index in [9.17, 15) is 0 Å². The number of rotatable bonds is 0. The third-order valence-corrected chi connectivity index (χ3v) is 0. The van der Waals surface area contributed by atoms with Gasteiger partial charge >= 0.3 is 0 Å². The van der Waals surface area contributed by atoms with Gasteiger partial charge in [0.1, 0.15) is 0 Å². The first-order valence-electron chi connectivity index (χ1n) is 1.41. The molecule has 2 heteroatoms. The fourth-order valence-electron chi connectivity index (χ4n) is 0. The van der Waals surface area contributed by atoms with E-state index in [4.69, 9.17) is 5.11 Å². The molecule has 0 heterocycles. The zero-order valence-corrected chi connectivity index (χ0v) is 5.61. The topological polar surface area (TPSA) is 20.2 Å². The maximum absolute atomic E-state index is 8.06. The first-order valence-corrected chi connectivity index (χ1v) is 1.41. The minimum Gasteiger partial charge on any atom is -0.394 e. The van der Waals surface area contributed by atoms with Crippen LogP contribution in [0.25, 0.3) is 0 Å². The molecule has 1 nitrogen and oxygen atoms in total. The van der Waals surface area contributed by atoms with Gasteiger partial charge in [-0.3, -0.25) is 0 Å². The second kappa shape index (κ2) is 4.65. The van der Waals surface area contributed by atoms with Gasteiger partial charge in [-0.05, 0) is 13.8 Å². The third-order valence-electron chi connectivity index (χ3n) is 0. The van der Waals surface area contributed by atoms with Crippen molar-refractivity contribution in [3.8, 4) is 0 Å². The van der Waals surface area contributed by atoms with Crippen LogP contribution in [0.3, 0.4) is 0 Å². The fraction of sp³-hybridized carbons (Fsp3) is 1.00. The molecular weight excluding hydrogens is 247 g/mol. The van der Waals surface area contributed by atoms with Crippen LogP contribution in [-0.4, -0.2) is 11.2 Å². The van der Waals surface area contributed by atoms with Crippen molar-refractivity contribution < 1.29 is 26.2 Å². The van der Waals surface area contributed by atoms with Crippen LogP contribution in [0.15, 0.2) is 0 Å². The first kappa shape index (κ1) is 9.17. The summed E-state index contributed by atoms with van der Waals surface area (Å²) in [6, 6.07) is 0. The van der Waals surface area contributed by atoms with E-state index >= 15 is 0 Å². The van der Waals surface area contributed by atoms with Gasteiger partial charge in [0.2, 0.25) is 0 Å². The van der Waals surface area contributed by atoms with Crippen LogP contribution in [-0.2, 0) is 21.1 Å². The average molecular weight is 255 g/mol. The summed E-state index contributed by atoms with van der Waals surface area (Å²) in [5.41, 5.74) is 0. The molecule has 0 aromatic rings. The van der Waals surface area contributed by atoms with E-state index in [-0.39, 0.29) is 27.2 Å². The molecule has 0 aliphatic rings. The van der Waals surface area contributed by atoms with Gasteiger partial charge in [0.25, 0.3) is 0 Å². The first-order chi connectivity index (χ1) is 1.73. The molecule has 36 valence electrons. The van der Waals surface area contributed by atoms with Crippen LogP contribution >= 0.6 is 0 Å². The van der Waals surface area contributed by atoms with E-state index in [2.05, 4.69) is 0 Å². The van der Waals surface area contributed by atoms with Crippen LogP contribution in [0.2, 0.25) is 0 Å². The van der Waals surface area contributed by atoms with Crippen molar-refractivity contribution in [1.82, 2.24) is 0 Å². The predicted octanol–water partition coefficient (Wildman–Crippen LogP) is 0.385. The van der Waals surface area contributed by atoms with Gasteiger partial charge in [-0.1, -0.05) is 0 Å². The maximum Gasteiger partial charge on any atom is 0.0483 e. The van der Waals surface area contributed by atoms with Crippen molar-refractivity contribution in [1.29, 1.82) is 0 Å². The standard InChI is InChI=1S/C3H8O.Pt/c1-3(2)4;/h3-4H,1-2H3;. The van der Waals surface area contributed by atoms with E-state index in [0.717, 1.165) is 0 Å². The summed E-state index contributed by atoms with van der Waals surface area (Å²) < 4.78 is 0. The van der Waals surface area contributed by atoms with Crippen LogP contribution in [0, 0.1) is 0 Å². The second-order valence-electron chi connectivity index (χ2n) is 1.09. The predicted molar refractivity (Wildman–Crippen MR) is 17.4 cm³/mol. The zero-order chi connectivity index (χ0) is 3.58. The molecule has 0 aliphatic carbocycles. The molecule has 0 aliphatic heterocycles. The quantitative estimate of drug-likeness (QED) is 0.663. The van der Waals surface area contributed by atoms with E-state index in [0.29, 0.717) is 0 Å². The second-order valence-corrected chi connectivity index (χ2v) is 1.09. The summed E-state index contributed by atoms with van der Waals surface area (Å²) in [6.07, 6.45) is -0.167. The van der Waals surface area contributed by atoms with Gasteiger partial charge in [-0.25, -0.2) is 0 Å². The molecule has 0 fully saturated rings. The van der Waals surface area contributed by atoms with E-state index < -0.39 is 0 Å². The SMILES string of the molecule is CC(C)O.[Pt]. The molecule has 0 atom stereocenters. The number of aliphatic hydroxyl groups is 1. The summed E-state index contributed by atoms with van der Waals surface area (Å²) >= 11 is 0. The molecule has 0 spiro atoms. The Morgan fingerprint density at radius 2 is 1.40 bits per heavy atom. The van der Waals surface area contributed by atoms with Gasteiger partial charge < -0.3 is 5.11 Å². The smallest absolute Gasteiger partial charge is 0.0483 e. The Balaban J connectivity index is 0. The zero-order valence-electron chi connectivity index (χ0n) is 3.34. The molecule has 0 rings (SSSR count). The van der Waals surface area contributed by atoms with Crippen LogP contribution in [0.1, 0.15) is 13.8 Å². The summed E-state index contributed by atoms with van der Waals surface area (Å²) in [7, 11) is 0. The summed E-state index contributed by atoms with van der Waals surface area (Å²) in [4.78, 5) is 0. The number of hydrogen-bond donors (Lipinski definition) is 1. The molecule has 0 radical (unpaired) electrons. The maximum atomic E-state index is 8.06. The van der Waals surface area contributed by atoms with Crippen LogP contribution in [0.4, 0.5) is 0 Å². The molecule has 0 saturated heterocycles. The van der Waals surface area contributed by atoms with Gasteiger partial charge in [0.15, 0.2) is 0 Å². The normalized spacial score (nSPS) is 7.20. The summed E-state index contributed by atoms with van der Waals surface area (Å²) in [5.74, 6) is 0. The van der Waals surface area contributed by atoms with Crippen molar-refractivity contribution in [3.63, 3.8) is 0 Å². The van der Waals surface area contributed by atoms with E-state index in [1.54, 1.807) is 13.8 Å². The Labute approximate surface area is 46.7 Å². The summed E-state index contributed by atoms with van der Waals surface area (Å²) in [6.45, 7) is 3.44. The minimum atomic E-state index is -0.167. The molecule has 0 bridgehead atoms. The van der Waals surface area contributed by atoms with Gasteiger partial charge in [0, 0.05) is 27.2 Å². The molecule has 0 aromatic carbocycles. The number of aliphatic hydroxyl groups excluding tert-OH is 1. The Hall–Kier alpha value is 0.648. The summed E-state index contributed by atoms with van der Waals surface area (Å²) in [5, 5.41) is 8.06. The van der Waals surface area contributed by atoms with Crippen LogP contribution in [0.5, 0.6) is 0 Å². The van der Waals surface area contributed by atoms with Crippen molar-refractivity contribution in [2.75, 3.05) is 0 Å². The van der Waals surface area contributed by atoms with Crippen molar-refractivity contribution >= 4 is 0 Å². The molecule has 5 heavy (non-hydrogen) atoms. The molecule has 0 amide bonds. The monoisotopic (exact) mass is 255 g/mol. The third kappa shape index (κ3) is 77.6. The van der Waals surface area contributed by atoms with Crippen molar-refractivity contribution in [2.45, 2.75) is 20.0 Å². The van der Waals surface area contributed by atoms with Crippen molar-refractivity contribution in [3.05, 3.63) is 0 Å². The largest absolute Gasteiger partial charge is 0.394 e. The molecule has 0 unspecified atom stereocenters. The van der Waals surface area contributed by atoms with E-state index in [1.165, 1.54) is 0 Å².